The molecule has 4 nitrogen and oxygen atoms in total. The molecule has 0 aromatic carbocycles. The van der Waals surface area contributed by atoms with Crippen molar-refractivity contribution in [3.63, 3.8) is 0 Å². The zero-order chi connectivity index (χ0) is 12.7. The number of amides is 1. The van der Waals surface area contributed by atoms with Gasteiger partial charge in [-0.15, -0.1) is 0 Å². The van der Waals surface area contributed by atoms with Gasteiger partial charge in [0.05, 0.1) is 0 Å². The van der Waals surface area contributed by atoms with Crippen LogP contribution < -0.4 is 5.32 Å². The first kappa shape index (κ1) is 12.9. The highest BCUT2D eigenvalue weighted by molar-refractivity contribution is 6.01. The van der Waals surface area contributed by atoms with Gasteiger partial charge in [-0.1, -0.05) is 6.92 Å². The molecular formula is C13H15N3O. The molecule has 0 spiro atoms. The monoisotopic (exact) mass is 229 g/mol. The van der Waals surface area contributed by atoms with Gasteiger partial charge in [0.15, 0.2) is 0 Å². The maximum absolute atomic E-state index is 11.7. The third-order valence-electron chi connectivity index (χ3n) is 2.37. The molecule has 88 valence electrons. The van der Waals surface area contributed by atoms with E-state index < -0.39 is 0 Å². The number of carbonyl (C=O) groups excluding carboxylic acids is 1. The van der Waals surface area contributed by atoms with Crippen molar-refractivity contribution in [2.45, 2.75) is 26.3 Å². The van der Waals surface area contributed by atoms with Crippen LogP contribution in [0.3, 0.4) is 0 Å². The second-order valence-electron chi connectivity index (χ2n) is 3.73. The number of hydrogen-bond donors (Lipinski definition) is 1. The number of pyridine rings is 1. The molecule has 0 aliphatic heterocycles. The fourth-order valence-electron chi connectivity index (χ4n) is 1.18. The number of carbonyl (C=O) groups is 1. The standard InChI is InChI=1S/C13H15N3O/c1-3-10(2)16-13(17)12(9-14)8-11-4-6-15-7-5-11/h4-8,10H,3H2,1-2H3,(H,16,17)/b12-8+/t10-/m0/s1. The minimum Gasteiger partial charge on any atom is -0.349 e. The van der Waals surface area contributed by atoms with Gasteiger partial charge in [-0.3, -0.25) is 9.78 Å². The van der Waals surface area contributed by atoms with E-state index in [9.17, 15) is 4.79 Å². The Hall–Kier alpha value is -2.15. The van der Waals surface area contributed by atoms with Gasteiger partial charge >= 0.3 is 0 Å². The molecule has 0 aliphatic carbocycles. The van der Waals surface area contributed by atoms with E-state index in [4.69, 9.17) is 5.26 Å². The highest BCUT2D eigenvalue weighted by atomic mass is 16.1. The van der Waals surface area contributed by atoms with Crippen LogP contribution in [0, 0.1) is 11.3 Å². The number of rotatable bonds is 4. The fourth-order valence-corrected chi connectivity index (χ4v) is 1.18. The van der Waals surface area contributed by atoms with Crippen molar-refractivity contribution < 1.29 is 4.79 Å². The lowest BCUT2D eigenvalue weighted by Gasteiger charge is -2.10. The molecule has 1 amide bonds. The van der Waals surface area contributed by atoms with Crippen LogP contribution in [-0.4, -0.2) is 16.9 Å². The quantitative estimate of drug-likeness (QED) is 0.633. The van der Waals surface area contributed by atoms with Gasteiger partial charge in [-0.2, -0.15) is 5.26 Å². The van der Waals surface area contributed by atoms with Gasteiger partial charge in [0.1, 0.15) is 11.6 Å². The summed E-state index contributed by atoms with van der Waals surface area (Å²) < 4.78 is 0. The predicted octanol–water partition coefficient (Wildman–Crippen LogP) is 1.90. The lowest BCUT2D eigenvalue weighted by atomic mass is 10.1. The topological polar surface area (TPSA) is 65.8 Å². The Morgan fingerprint density at radius 2 is 2.24 bits per heavy atom. The van der Waals surface area contributed by atoms with Gasteiger partial charge in [-0.05, 0) is 37.1 Å². The first-order valence-corrected chi connectivity index (χ1v) is 5.50. The molecule has 1 rings (SSSR count). The van der Waals surface area contributed by atoms with E-state index in [0.717, 1.165) is 12.0 Å². The van der Waals surface area contributed by atoms with E-state index in [1.54, 1.807) is 30.6 Å². The lowest BCUT2D eigenvalue weighted by Crippen LogP contribution is -2.32. The van der Waals surface area contributed by atoms with Gasteiger partial charge in [-0.25, -0.2) is 0 Å². The van der Waals surface area contributed by atoms with Crippen molar-refractivity contribution in [1.82, 2.24) is 10.3 Å². The molecule has 1 aromatic heterocycles. The first-order valence-electron chi connectivity index (χ1n) is 5.50. The van der Waals surface area contributed by atoms with Crippen LogP contribution in [0.5, 0.6) is 0 Å². The van der Waals surface area contributed by atoms with Crippen molar-refractivity contribution in [2.75, 3.05) is 0 Å². The summed E-state index contributed by atoms with van der Waals surface area (Å²) in [6, 6.07) is 5.46. The minimum absolute atomic E-state index is 0.0664. The highest BCUT2D eigenvalue weighted by Crippen LogP contribution is 2.05. The van der Waals surface area contributed by atoms with E-state index in [-0.39, 0.29) is 17.5 Å². The zero-order valence-electron chi connectivity index (χ0n) is 9.97. The van der Waals surface area contributed by atoms with Gasteiger partial charge in [0, 0.05) is 18.4 Å². The Balaban J connectivity index is 2.82. The molecule has 1 heterocycles. The number of nitriles is 1. The summed E-state index contributed by atoms with van der Waals surface area (Å²) in [4.78, 5) is 15.6. The molecule has 1 atom stereocenters. The second kappa shape index (κ2) is 6.44. The van der Waals surface area contributed by atoms with Gasteiger partial charge in [0.2, 0.25) is 0 Å². The maximum Gasteiger partial charge on any atom is 0.262 e. The summed E-state index contributed by atoms with van der Waals surface area (Å²) in [5, 5.41) is 11.7. The Kier molecular flexibility index (Phi) is 4.89. The van der Waals surface area contributed by atoms with Crippen molar-refractivity contribution >= 4 is 12.0 Å². The third kappa shape index (κ3) is 4.07. The molecule has 0 bridgehead atoms. The summed E-state index contributed by atoms with van der Waals surface area (Å²) in [6.07, 6.45) is 5.62. The van der Waals surface area contributed by atoms with Crippen molar-refractivity contribution in [3.05, 3.63) is 35.7 Å². The van der Waals surface area contributed by atoms with Crippen LogP contribution in [0.25, 0.3) is 6.08 Å². The molecule has 0 radical (unpaired) electrons. The van der Waals surface area contributed by atoms with E-state index in [2.05, 4.69) is 10.3 Å². The number of hydrogen-bond acceptors (Lipinski definition) is 3. The molecule has 0 saturated carbocycles. The molecule has 1 aromatic rings. The summed E-state index contributed by atoms with van der Waals surface area (Å²) in [5.41, 5.74) is 0.896. The summed E-state index contributed by atoms with van der Waals surface area (Å²) in [7, 11) is 0. The Labute approximate surface area is 101 Å². The normalized spacial score (nSPS) is 12.6. The van der Waals surface area contributed by atoms with E-state index in [0.29, 0.717) is 0 Å². The van der Waals surface area contributed by atoms with Crippen LogP contribution in [0.2, 0.25) is 0 Å². The Morgan fingerprint density at radius 3 is 2.76 bits per heavy atom. The molecule has 0 aliphatic rings. The minimum atomic E-state index is -0.335. The molecule has 4 heteroatoms. The van der Waals surface area contributed by atoms with Crippen LogP contribution in [0.15, 0.2) is 30.1 Å². The first-order chi connectivity index (χ1) is 8.17. The second-order valence-corrected chi connectivity index (χ2v) is 3.73. The van der Waals surface area contributed by atoms with E-state index in [1.165, 1.54) is 0 Å². The SMILES string of the molecule is CC[C@H](C)NC(=O)/C(C#N)=C/c1ccncc1. The number of nitrogens with zero attached hydrogens (tertiary/aromatic N) is 2. The average Bonchev–Trinajstić information content (AvgIpc) is 2.36. The van der Waals surface area contributed by atoms with Crippen LogP contribution >= 0.6 is 0 Å². The molecule has 17 heavy (non-hydrogen) atoms. The van der Waals surface area contributed by atoms with Crippen LogP contribution in [0.4, 0.5) is 0 Å². The van der Waals surface area contributed by atoms with Gasteiger partial charge in [0.25, 0.3) is 5.91 Å². The largest absolute Gasteiger partial charge is 0.349 e. The van der Waals surface area contributed by atoms with Crippen molar-refractivity contribution in [1.29, 1.82) is 5.26 Å². The summed E-state index contributed by atoms with van der Waals surface area (Å²) in [5.74, 6) is -0.335. The van der Waals surface area contributed by atoms with E-state index in [1.807, 2.05) is 19.9 Å². The van der Waals surface area contributed by atoms with Crippen molar-refractivity contribution in [2.24, 2.45) is 0 Å². The van der Waals surface area contributed by atoms with Gasteiger partial charge < -0.3 is 5.32 Å². The molecule has 0 fully saturated rings. The molecule has 1 N–H and O–H groups in total. The van der Waals surface area contributed by atoms with Crippen LogP contribution in [0.1, 0.15) is 25.8 Å². The molecule has 0 unspecified atom stereocenters. The summed E-state index contributed by atoms with van der Waals surface area (Å²) >= 11 is 0. The number of aromatic nitrogens is 1. The van der Waals surface area contributed by atoms with Crippen LogP contribution in [-0.2, 0) is 4.79 Å². The highest BCUT2D eigenvalue weighted by Gasteiger charge is 2.10. The fraction of sp³-hybridized carbons (Fsp3) is 0.308. The number of nitrogens with one attached hydrogen (secondary N) is 1. The Bertz CT molecular complexity index is 445. The van der Waals surface area contributed by atoms with E-state index >= 15 is 0 Å². The predicted molar refractivity (Wildman–Crippen MR) is 65.7 cm³/mol. The van der Waals surface area contributed by atoms with Crippen molar-refractivity contribution in [3.8, 4) is 6.07 Å². The smallest absolute Gasteiger partial charge is 0.262 e. The lowest BCUT2D eigenvalue weighted by molar-refractivity contribution is -0.117. The molecular weight excluding hydrogens is 214 g/mol. The maximum atomic E-state index is 11.7. The Morgan fingerprint density at radius 1 is 1.59 bits per heavy atom. The molecule has 0 saturated heterocycles. The zero-order valence-corrected chi connectivity index (χ0v) is 9.97. The average molecular weight is 229 g/mol. The third-order valence-corrected chi connectivity index (χ3v) is 2.37. The summed E-state index contributed by atoms with van der Waals surface area (Å²) in [6.45, 7) is 3.88.